The van der Waals surface area contributed by atoms with Gasteiger partial charge in [0.2, 0.25) is 23.6 Å². The molecule has 4 bridgehead atoms. The van der Waals surface area contributed by atoms with Gasteiger partial charge in [0, 0.05) is 39.3 Å². The fourth-order valence-electron chi connectivity index (χ4n) is 8.64. The van der Waals surface area contributed by atoms with Crippen LogP contribution >= 0.6 is 0 Å². The summed E-state index contributed by atoms with van der Waals surface area (Å²) in [6.07, 6.45) is 14.2. The zero-order valence-corrected chi connectivity index (χ0v) is 31.9. The van der Waals surface area contributed by atoms with Gasteiger partial charge in [-0.15, -0.1) is 0 Å². The molecule has 14 heteroatoms. The standard InChI is InChI=1S/C42H56N6O8/c49-35-7-3-27(19-37(35)51)9-11-43-39(53)23-47(25-41(55)45-21-33-17-29-1-5-31(33)15-29)13-14-48(26-42(56)46-22-34-18-30-2-6-32(34)16-30)24-40(54)44-12-10-28-4-8-36(50)38(52)20-28/h1-8,19-20,29-34,49-52H,9-18,21-26H2,(H,43,53)(H,44,54)(H,45,55)(H,46,56). The molecule has 4 aliphatic rings. The number of phenols is 4. The number of fused-ring (bicyclic) bond motifs is 4. The summed E-state index contributed by atoms with van der Waals surface area (Å²) in [6.45, 7) is 1.88. The van der Waals surface area contributed by atoms with Crippen molar-refractivity contribution in [2.45, 2.75) is 38.5 Å². The van der Waals surface area contributed by atoms with E-state index in [4.69, 9.17) is 0 Å². The third-order valence-corrected chi connectivity index (χ3v) is 11.7. The molecule has 0 saturated heterocycles. The number of nitrogens with one attached hydrogen (secondary N) is 4. The Bertz CT molecular complexity index is 1660. The van der Waals surface area contributed by atoms with Crippen molar-refractivity contribution in [1.82, 2.24) is 31.1 Å². The van der Waals surface area contributed by atoms with Crippen LogP contribution in [0.3, 0.4) is 0 Å². The number of amides is 4. The molecular weight excluding hydrogens is 716 g/mol. The van der Waals surface area contributed by atoms with E-state index >= 15 is 0 Å². The van der Waals surface area contributed by atoms with Crippen LogP contribution in [0.15, 0.2) is 60.7 Å². The quantitative estimate of drug-likeness (QED) is 0.0683. The lowest BCUT2D eigenvalue weighted by Crippen LogP contribution is -2.49. The van der Waals surface area contributed by atoms with E-state index in [1.54, 1.807) is 21.9 Å². The van der Waals surface area contributed by atoms with Crippen LogP contribution in [0.4, 0.5) is 0 Å². The van der Waals surface area contributed by atoms with E-state index in [0.717, 1.165) is 36.8 Å². The highest BCUT2D eigenvalue weighted by Crippen LogP contribution is 2.43. The molecule has 0 spiro atoms. The van der Waals surface area contributed by atoms with E-state index in [0.29, 0.717) is 61.4 Å². The second-order valence-corrected chi connectivity index (χ2v) is 16.0. The highest BCUT2D eigenvalue weighted by Gasteiger charge is 2.36. The molecule has 4 aliphatic carbocycles. The molecule has 0 radical (unpaired) electrons. The van der Waals surface area contributed by atoms with Crippen LogP contribution in [0.1, 0.15) is 36.8 Å². The molecule has 6 unspecified atom stereocenters. The highest BCUT2D eigenvalue weighted by molar-refractivity contribution is 5.82. The number of rotatable bonds is 21. The lowest BCUT2D eigenvalue weighted by atomic mass is 9.94. The van der Waals surface area contributed by atoms with Crippen molar-refractivity contribution in [3.8, 4) is 23.0 Å². The monoisotopic (exact) mass is 772 g/mol. The molecule has 2 aromatic carbocycles. The summed E-state index contributed by atoms with van der Waals surface area (Å²) in [7, 11) is 0. The molecular formula is C42H56N6O8. The van der Waals surface area contributed by atoms with Crippen molar-refractivity contribution >= 4 is 23.6 Å². The summed E-state index contributed by atoms with van der Waals surface area (Å²) < 4.78 is 0. The number of carbonyl (C=O) groups is 4. The normalized spacial score (nSPS) is 22.9. The van der Waals surface area contributed by atoms with Gasteiger partial charge in [0.15, 0.2) is 23.0 Å². The number of hydrogen-bond donors (Lipinski definition) is 8. The van der Waals surface area contributed by atoms with Crippen LogP contribution in [0.5, 0.6) is 23.0 Å². The van der Waals surface area contributed by atoms with Gasteiger partial charge in [-0.2, -0.15) is 0 Å². The Morgan fingerprint density at radius 1 is 0.518 bits per heavy atom. The smallest absolute Gasteiger partial charge is 0.234 e. The fourth-order valence-corrected chi connectivity index (χ4v) is 8.64. The van der Waals surface area contributed by atoms with Gasteiger partial charge in [0.1, 0.15) is 0 Å². The van der Waals surface area contributed by atoms with Crippen LogP contribution in [-0.4, -0.2) is 119 Å². The molecule has 8 N–H and O–H groups in total. The lowest BCUT2D eigenvalue weighted by Gasteiger charge is -2.27. The Morgan fingerprint density at radius 3 is 1.25 bits per heavy atom. The predicted octanol–water partition coefficient (Wildman–Crippen LogP) is 1.79. The van der Waals surface area contributed by atoms with Crippen LogP contribution in [0.2, 0.25) is 0 Å². The number of benzene rings is 2. The molecule has 2 fully saturated rings. The first-order valence-electron chi connectivity index (χ1n) is 19.9. The van der Waals surface area contributed by atoms with E-state index in [9.17, 15) is 39.6 Å². The Morgan fingerprint density at radius 2 is 0.911 bits per heavy atom. The summed E-state index contributed by atoms with van der Waals surface area (Å²) in [6, 6.07) is 9.00. The SMILES string of the molecule is O=C(CN(CCN(CC(=O)NCCc1ccc(O)c(O)c1)CC(=O)NCC1CC2C=CC1C2)CC(=O)NCC1CC2C=CC1C2)NCCc1ccc(O)c(O)c1. The fraction of sp³-hybridized carbons (Fsp3) is 0.524. The number of nitrogens with zero attached hydrogens (tertiary/aromatic N) is 2. The molecule has 6 rings (SSSR count). The molecule has 0 aromatic heterocycles. The minimum Gasteiger partial charge on any atom is -0.504 e. The number of aromatic hydroxyl groups is 4. The zero-order chi connectivity index (χ0) is 39.6. The first-order valence-corrected chi connectivity index (χ1v) is 19.9. The molecule has 2 saturated carbocycles. The summed E-state index contributed by atoms with van der Waals surface area (Å²) in [4.78, 5) is 56.4. The zero-order valence-electron chi connectivity index (χ0n) is 31.9. The van der Waals surface area contributed by atoms with Gasteiger partial charge in [-0.1, -0.05) is 36.4 Å². The molecule has 6 atom stereocenters. The largest absolute Gasteiger partial charge is 0.504 e. The van der Waals surface area contributed by atoms with Crippen molar-refractivity contribution < 1.29 is 39.6 Å². The molecule has 56 heavy (non-hydrogen) atoms. The number of carbonyl (C=O) groups excluding carboxylic acids is 4. The van der Waals surface area contributed by atoms with Crippen molar-refractivity contribution in [1.29, 1.82) is 0 Å². The topological polar surface area (TPSA) is 204 Å². The molecule has 302 valence electrons. The van der Waals surface area contributed by atoms with E-state index in [1.165, 1.54) is 24.3 Å². The van der Waals surface area contributed by atoms with E-state index in [-0.39, 0.29) is 99.0 Å². The second-order valence-electron chi connectivity index (χ2n) is 16.0. The van der Waals surface area contributed by atoms with Crippen molar-refractivity contribution in [2.24, 2.45) is 35.5 Å². The second kappa shape index (κ2) is 19.2. The van der Waals surface area contributed by atoms with E-state index < -0.39 is 0 Å². The molecule has 0 heterocycles. The van der Waals surface area contributed by atoms with Crippen molar-refractivity contribution in [2.75, 3.05) is 65.4 Å². The minimum atomic E-state index is -0.304. The summed E-state index contributed by atoms with van der Waals surface area (Å²) >= 11 is 0. The summed E-state index contributed by atoms with van der Waals surface area (Å²) in [5.41, 5.74) is 1.47. The predicted molar refractivity (Wildman–Crippen MR) is 210 cm³/mol. The van der Waals surface area contributed by atoms with E-state index in [1.807, 2.05) is 0 Å². The summed E-state index contributed by atoms with van der Waals surface area (Å²) in [5.74, 6) is 0.995. The van der Waals surface area contributed by atoms with Crippen LogP contribution in [0.25, 0.3) is 0 Å². The van der Waals surface area contributed by atoms with E-state index in [2.05, 4.69) is 45.6 Å². The van der Waals surface area contributed by atoms with Gasteiger partial charge in [0.25, 0.3) is 0 Å². The Labute approximate surface area is 328 Å². The Balaban J connectivity index is 1.05. The first-order chi connectivity index (χ1) is 27.0. The average Bonchev–Trinajstić information content (AvgIpc) is 3.99. The van der Waals surface area contributed by atoms with Gasteiger partial charge in [-0.3, -0.25) is 29.0 Å². The van der Waals surface area contributed by atoms with Gasteiger partial charge in [-0.05, 0) is 109 Å². The Hall–Kier alpha value is -5.08. The number of allylic oxidation sites excluding steroid dienone is 4. The van der Waals surface area contributed by atoms with Gasteiger partial charge >= 0.3 is 0 Å². The maximum absolute atomic E-state index is 13.3. The Kier molecular flexibility index (Phi) is 13.9. The van der Waals surface area contributed by atoms with Crippen LogP contribution in [-0.2, 0) is 32.0 Å². The molecule has 0 aliphatic heterocycles. The van der Waals surface area contributed by atoms with Gasteiger partial charge in [-0.25, -0.2) is 0 Å². The highest BCUT2D eigenvalue weighted by atomic mass is 16.3. The van der Waals surface area contributed by atoms with Crippen molar-refractivity contribution in [3.05, 3.63) is 71.8 Å². The number of phenolic OH excluding ortho intramolecular Hbond substituents is 4. The van der Waals surface area contributed by atoms with Gasteiger partial charge < -0.3 is 41.7 Å². The average molecular weight is 773 g/mol. The molecule has 2 aromatic rings. The number of hydrogen-bond acceptors (Lipinski definition) is 10. The lowest BCUT2D eigenvalue weighted by molar-refractivity contribution is -0.128. The third kappa shape index (κ3) is 11.7. The minimum absolute atomic E-state index is 0.0423. The first kappa shape index (κ1) is 40.6. The maximum atomic E-state index is 13.3. The maximum Gasteiger partial charge on any atom is 0.234 e. The van der Waals surface area contributed by atoms with Crippen LogP contribution in [0, 0.1) is 35.5 Å². The molecule has 4 amide bonds. The van der Waals surface area contributed by atoms with Gasteiger partial charge in [0.05, 0.1) is 26.2 Å². The van der Waals surface area contributed by atoms with Crippen molar-refractivity contribution in [3.63, 3.8) is 0 Å². The molecule has 14 nitrogen and oxygen atoms in total. The summed E-state index contributed by atoms with van der Waals surface area (Å²) in [5, 5.41) is 50.7. The van der Waals surface area contributed by atoms with Crippen LogP contribution < -0.4 is 21.3 Å². The third-order valence-electron chi connectivity index (χ3n) is 11.7.